The molecule has 0 aromatic heterocycles. The van der Waals surface area contributed by atoms with Crippen LogP contribution in [0.4, 0.5) is 4.79 Å². The molecule has 2 N–H and O–H groups in total. The zero-order chi connectivity index (χ0) is 16.5. The number of carbonyl (C=O) groups is 1. The molecule has 2 rings (SSSR count). The molecule has 0 aliphatic carbocycles. The van der Waals surface area contributed by atoms with Gasteiger partial charge in [-0.3, -0.25) is 0 Å². The molecule has 0 spiro atoms. The average Bonchev–Trinajstić information content (AvgIpc) is 2.60. The molecular weight excluding hydrogens is 292 g/mol. The smallest absolute Gasteiger partial charge is 0.315 e. The first-order valence-corrected chi connectivity index (χ1v) is 7.49. The van der Waals surface area contributed by atoms with Gasteiger partial charge in [0.05, 0.1) is 14.2 Å². The van der Waals surface area contributed by atoms with Gasteiger partial charge < -0.3 is 20.1 Å². The molecule has 0 aliphatic heterocycles. The van der Waals surface area contributed by atoms with Crippen LogP contribution in [0.2, 0.25) is 0 Å². The molecule has 5 nitrogen and oxygen atoms in total. The van der Waals surface area contributed by atoms with Gasteiger partial charge in [-0.2, -0.15) is 0 Å². The molecule has 0 radical (unpaired) electrons. The Hall–Kier alpha value is -2.69. The number of urea groups is 1. The van der Waals surface area contributed by atoms with Crippen LogP contribution < -0.4 is 20.1 Å². The van der Waals surface area contributed by atoms with Crippen molar-refractivity contribution in [3.05, 3.63) is 59.7 Å². The third-order valence-corrected chi connectivity index (χ3v) is 3.41. The zero-order valence-corrected chi connectivity index (χ0v) is 13.5. The van der Waals surface area contributed by atoms with Gasteiger partial charge in [-0.05, 0) is 29.7 Å². The normalized spacial score (nSPS) is 10.0. The second-order valence-electron chi connectivity index (χ2n) is 5.07. The molecule has 0 aliphatic rings. The Morgan fingerprint density at radius 2 is 1.57 bits per heavy atom. The molecule has 0 saturated carbocycles. The van der Waals surface area contributed by atoms with E-state index in [0.717, 1.165) is 12.0 Å². The van der Waals surface area contributed by atoms with E-state index in [2.05, 4.69) is 10.6 Å². The third-order valence-electron chi connectivity index (χ3n) is 3.41. The third kappa shape index (κ3) is 5.54. The maximum Gasteiger partial charge on any atom is 0.315 e. The molecular formula is C18H22N2O3. The predicted molar refractivity (Wildman–Crippen MR) is 89.9 cm³/mol. The van der Waals surface area contributed by atoms with E-state index >= 15 is 0 Å². The molecule has 5 heteroatoms. The molecule has 0 saturated heterocycles. The maximum atomic E-state index is 11.8. The summed E-state index contributed by atoms with van der Waals surface area (Å²) < 4.78 is 10.4. The average molecular weight is 314 g/mol. The Balaban J connectivity index is 1.78. The van der Waals surface area contributed by atoms with Gasteiger partial charge in [0.2, 0.25) is 0 Å². The minimum Gasteiger partial charge on any atom is -0.497 e. The maximum absolute atomic E-state index is 11.8. The number of methoxy groups -OCH3 is 2. The van der Waals surface area contributed by atoms with Crippen molar-refractivity contribution in [2.24, 2.45) is 0 Å². The number of benzene rings is 2. The number of nitrogens with one attached hydrogen (secondary N) is 2. The van der Waals surface area contributed by atoms with Crippen LogP contribution in [0.5, 0.6) is 11.5 Å². The molecule has 23 heavy (non-hydrogen) atoms. The van der Waals surface area contributed by atoms with Gasteiger partial charge in [-0.15, -0.1) is 0 Å². The highest BCUT2D eigenvalue weighted by Crippen LogP contribution is 2.22. The van der Waals surface area contributed by atoms with Gasteiger partial charge in [0.25, 0.3) is 0 Å². The van der Waals surface area contributed by atoms with Crippen molar-refractivity contribution in [3.8, 4) is 11.5 Å². The molecule has 2 amide bonds. The molecule has 0 unspecified atom stereocenters. The van der Waals surface area contributed by atoms with Crippen molar-refractivity contribution >= 4 is 6.03 Å². The van der Waals surface area contributed by atoms with Gasteiger partial charge in [-0.25, -0.2) is 4.79 Å². The van der Waals surface area contributed by atoms with Crippen molar-refractivity contribution in [3.63, 3.8) is 0 Å². The number of amides is 2. The SMILES string of the molecule is COc1cc(CNC(=O)NCCc2ccccc2)cc(OC)c1. The highest BCUT2D eigenvalue weighted by Gasteiger charge is 2.04. The highest BCUT2D eigenvalue weighted by atomic mass is 16.5. The second-order valence-corrected chi connectivity index (χ2v) is 5.07. The number of ether oxygens (including phenoxy) is 2. The number of hydrogen-bond acceptors (Lipinski definition) is 3. The fourth-order valence-corrected chi connectivity index (χ4v) is 2.18. The first kappa shape index (κ1) is 16.7. The van der Waals surface area contributed by atoms with E-state index in [9.17, 15) is 4.79 Å². The standard InChI is InChI=1S/C18H22N2O3/c1-22-16-10-15(11-17(12-16)23-2)13-20-18(21)19-9-8-14-6-4-3-5-7-14/h3-7,10-12H,8-9,13H2,1-2H3,(H2,19,20,21). The van der Waals surface area contributed by atoms with E-state index < -0.39 is 0 Å². The van der Waals surface area contributed by atoms with E-state index in [1.54, 1.807) is 20.3 Å². The van der Waals surface area contributed by atoms with Gasteiger partial charge >= 0.3 is 6.03 Å². The first-order valence-electron chi connectivity index (χ1n) is 7.49. The van der Waals surface area contributed by atoms with E-state index in [0.29, 0.717) is 24.6 Å². The van der Waals surface area contributed by atoms with Crippen LogP contribution in [0.3, 0.4) is 0 Å². The summed E-state index contributed by atoms with van der Waals surface area (Å²) in [5.74, 6) is 1.40. The van der Waals surface area contributed by atoms with Crippen molar-refractivity contribution in [1.82, 2.24) is 10.6 Å². The fourth-order valence-electron chi connectivity index (χ4n) is 2.18. The summed E-state index contributed by atoms with van der Waals surface area (Å²) in [4.78, 5) is 11.8. The summed E-state index contributed by atoms with van der Waals surface area (Å²) in [7, 11) is 3.20. The number of carbonyl (C=O) groups excluding carboxylic acids is 1. The summed E-state index contributed by atoms with van der Waals surface area (Å²) in [5.41, 5.74) is 2.12. The van der Waals surface area contributed by atoms with Crippen molar-refractivity contribution < 1.29 is 14.3 Å². The lowest BCUT2D eigenvalue weighted by Crippen LogP contribution is -2.36. The summed E-state index contributed by atoms with van der Waals surface area (Å²) >= 11 is 0. The summed E-state index contributed by atoms with van der Waals surface area (Å²) in [6.45, 7) is 1.00. The highest BCUT2D eigenvalue weighted by molar-refractivity contribution is 5.73. The zero-order valence-electron chi connectivity index (χ0n) is 13.5. The van der Waals surface area contributed by atoms with E-state index in [1.807, 2.05) is 42.5 Å². The lowest BCUT2D eigenvalue weighted by molar-refractivity contribution is 0.240. The topological polar surface area (TPSA) is 59.6 Å². The summed E-state index contributed by atoms with van der Waals surface area (Å²) in [6, 6.07) is 15.4. The van der Waals surface area contributed by atoms with Crippen LogP contribution in [0.15, 0.2) is 48.5 Å². The van der Waals surface area contributed by atoms with E-state index in [4.69, 9.17) is 9.47 Å². The first-order chi connectivity index (χ1) is 11.2. The van der Waals surface area contributed by atoms with E-state index in [-0.39, 0.29) is 6.03 Å². The Bertz CT molecular complexity index is 607. The number of rotatable bonds is 7. The Morgan fingerprint density at radius 1 is 0.913 bits per heavy atom. The van der Waals surface area contributed by atoms with Crippen LogP contribution in [0, 0.1) is 0 Å². The second kappa shape index (κ2) is 8.68. The van der Waals surface area contributed by atoms with Crippen LogP contribution in [-0.2, 0) is 13.0 Å². The quantitative estimate of drug-likeness (QED) is 0.826. The Kier molecular flexibility index (Phi) is 6.29. The predicted octanol–water partition coefficient (Wildman–Crippen LogP) is 2.75. The van der Waals surface area contributed by atoms with Gasteiger partial charge in [0, 0.05) is 19.2 Å². The van der Waals surface area contributed by atoms with Crippen molar-refractivity contribution in [2.75, 3.05) is 20.8 Å². The lowest BCUT2D eigenvalue weighted by atomic mass is 10.1. The van der Waals surface area contributed by atoms with Crippen LogP contribution in [0.1, 0.15) is 11.1 Å². The molecule has 2 aromatic carbocycles. The summed E-state index contributed by atoms with van der Waals surface area (Å²) in [6.07, 6.45) is 0.807. The van der Waals surface area contributed by atoms with Crippen molar-refractivity contribution in [1.29, 1.82) is 0 Å². The van der Waals surface area contributed by atoms with Crippen LogP contribution in [0.25, 0.3) is 0 Å². The molecule has 0 fully saturated rings. The largest absolute Gasteiger partial charge is 0.497 e. The fraction of sp³-hybridized carbons (Fsp3) is 0.278. The molecule has 122 valence electrons. The Labute approximate surface area is 136 Å². The molecule has 0 heterocycles. The summed E-state index contributed by atoms with van der Waals surface area (Å²) in [5, 5.41) is 5.67. The molecule has 2 aromatic rings. The molecule has 0 atom stereocenters. The Morgan fingerprint density at radius 3 is 2.17 bits per heavy atom. The lowest BCUT2D eigenvalue weighted by Gasteiger charge is -2.10. The minimum atomic E-state index is -0.192. The molecule has 0 bridgehead atoms. The van der Waals surface area contributed by atoms with Gasteiger partial charge in [0.15, 0.2) is 0 Å². The monoisotopic (exact) mass is 314 g/mol. The van der Waals surface area contributed by atoms with Gasteiger partial charge in [0.1, 0.15) is 11.5 Å². The van der Waals surface area contributed by atoms with Crippen molar-refractivity contribution in [2.45, 2.75) is 13.0 Å². The number of hydrogen-bond donors (Lipinski definition) is 2. The minimum absolute atomic E-state index is 0.192. The van der Waals surface area contributed by atoms with Gasteiger partial charge in [-0.1, -0.05) is 30.3 Å². The van der Waals surface area contributed by atoms with E-state index in [1.165, 1.54) is 5.56 Å². The van der Waals surface area contributed by atoms with Crippen LogP contribution in [-0.4, -0.2) is 26.8 Å². The van der Waals surface area contributed by atoms with Crippen LogP contribution >= 0.6 is 0 Å².